The van der Waals surface area contributed by atoms with Crippen LogP contribution in [0.25, 0.3) is 11.1 Å². The molecule has 0 aliphatic heterocycles. The monoisotopic (exact) mass is 202 g/mol. The zero-order chi connectivity index (χ0) is 10.9. The summed E-state index contributed by atoms with van der Waals surface area (Å²) in [7, 11) is -0.750. The van der Waals surface area contributed by atoms with Crippen molar-refractivity contribution >= 4 is 7.69 Å². The number of benzene rings is 1. The second kappa shape index (κ2) is 6.70. The maximum Gasteiger partial charge on any atom is 0.432 e. The van der Waals surface area contributed by atoms with Gasteiger partial charge in [0, 0.05) is 18.0 Å². The summed E-state index contributed by atoms with van der Waals surface area (Å²) in [6.45, 7) is 0. The molecule has 0 aliphatic rings. The van der Waals surface area contributed by atoms with Gasteiger partial charge < -0.3 is 10.0 Å². The molecule has 15 heavy (non-hydrogen) atoms. The molecular formula is C10H11BN2O2. The van der Waals surface area contributed by atoms with Crippen molar-refractivity contribution in [3.63, 3.8) is 0 Å². The van der Waals surface area contributed by atoms with Crippen LogP contribution in [0.15, 0.2) is 49.1 Å². The van der Waals surface area contributed by atoms with E-state index in [1.165, 1.54) is 6.33 Å². The molecule has 0 radical (unpaired) electrons. The summed E-state index contributed by atoms with van der Waals surface area (Å²) in [5, 5.41) is 14.2. The summed E-state index contributed by atoms with van der Waals surface area (Å²) >= 11 is 0. The second-order valence-corrected chi connectivity index (χ2v) is 2.63. The van der Waals surface area contributed by atoms with Gasteiger partial charge in [-0.05, 0) is 5.56 Å². The fourth-order valence-corrected chi connectivity index (χ4v) is 1.08. The molecule has 0 unspecified atom stereocenters. The van der Waals surface area contributed by atoms with Gasteiger partial charge in [0.1, 0.15) is 6.33 Å². The minimum atomic E-state index is -0.750. The van der Waals surface area contributed by atoms with Crippen molar-refractivity contribution in [3.8, 4) is 11.1 Å². The van der Waals surface area contributed by atoms with Gasteiger partial charge in [0.05, 0.1) is 0 Å². The minimum Gasteiger partial charge on any atom is -0.430 e. The zero-order valence-electron chi connectivity index (χ0n) is 8.11. The molecule has 0 atom stereocenters. The van der Waals surface area contributed by atoms with Crippen LogP contribution >= 0.6 is 0 Å². The third-order valence-electron chi connectivity index (χ3n) is 1.67. The summed E-state index contributed by atoms with van der Waals surface area (Å²) in [6.07, 6.45) is 5.15. The lowest BCUT2D eigenvalue weighted by Crippen LogP contribution is -1.80. The van der Waals surface area contributed by atoms with Gasteiger partial charge in [-0.2, -0.15) is 0 Å². The fourth-order valence-electron chi connectivity index (χ4n) is 1.08. The van der Waals surface area contributed by atoms with Gasteiger partial charge in [-0.1, -0.05) is 30.3 Å². The second-order valence-electron chi connectivity index (χ2n) is 2.63. The smallest absolute Gasteiger partial charge is 0.430 e. The van der Waals surface area contributed by atoms with E-state index in [4.69, 9.17) is 10.0 Å². The highest BCUT2D eigenvalue weighted by molar-refractivity contribution is 6.13. The molecule has 4 nitrogen and oxygen atoms in total. The van der Waals surface area contributed by atoms with Crippen molar-refractivity contribution in [1.82, 2.24) is 9.97 Å². The molecular weight excluding hydrogens is 191 g/mol. The molecule has 1 heterocycles. The molecule has 0 saturated heterocycles. The molecule has 2 N–H and O–H groups in total. The van der Waals surface area contributed by atoms with Gasteiger partial charge in [-0.15, -0.1) is 0 Å². The number of hydrogen-bond acceptors (Lipinski definition) is 4. The molecule has 0 aliphatic carbocycles. The van der Waals surface area contributed by atoms with E-state index in [0.29, 0.717) is 0 Å². The van der Waals surface area contributed by atoms with E-state index < -0.39 is 7.69 Å². The lowest BCUT2D eigenvalue weighted by atomic mass is 10.1. The van der Waals surface area contributed by atoms with Crippen molar-refractivity contribution in [2.45, 2.75) is 0 Å². The van der Waals surface area contributed by atoms with Crippen molar-refractivity contribution < 1.29 is 10.0 Å². The Balaban J connectivity index is 0.000000337. The topological polar surface area (TPSA) is 66.2 Å². The van der Waals surface area contributed by atoms with E-state index in [9.17, 15) is 0 Å². The van der Waals surface area contributed by atoms with E-state index in [2.05, 4.69) is 9.97 Å². The standard InChI is InChI=1S/C10H8N2.BH3O2/c1-2-4-9(5-3-1)10-6-11-8-12-7-10;2-1-3/h1-8H;1-3H. The van der Waals surface area contributed by atoms with Gasteiger partial charge in [-0.25, -0.2) is 9.97 Å². The van der Waals surface area contributed by atoms with E-state index in [1.807, 2.05) is 42.7 Å². The first-order valence-electron chi connectivity index (χ1n) is 4.40. The molecule has 0 bridgehead atoms. The largest absolute Gasteiger partial charge is 0.432 e. The number of aromatic nitrogens is 2. The van der Waals surface area contributed by atoms with Crippen LogP contribution in [0.3, 0.4) is 0 Å². The fraction of sp³-hybridized carbons (Fsp3) is 0. The Morgan fingerprint density at radius 2 is 1.40 bits per heavy atom. The van der Waals surface area contributed by atoms with E-state index in [1.54, 1.807) is 0 Å². The molecule has 5 heteroatoms. The highest BCUT2D eigenvalue weighted by atomic mass is 16.4. The lowest BCUT2D eigenvalue weighted by molar-refractivity contribution is 0.448. The van der Waals surface area contributed by atoms with Crippen LogP contribution in [0.5, 0.6) is 0 Å². The van der Waals surface area contributed by atoms with Crippen LogP contribution in [0.2, 0.25) is 0 Å². The van der Waals surface area contributed by atoms with Crippen molar-refractivity contribution in [2.75, 3.05) is 0 Å². The highest BCUT2D eigenvalue weighted by Gasteiger charge is 1.93. The Morgan fingerprint density at radius 3 is 1.93 bits per heavy atom. The van der Waals surface area contributed by atoms with E-state index in [0.717, 1.165) is 11.1 Å². The average molecular weight is 202 g/mol. The van der Waals surface area contributed by atoms with Gasteiger partial charge in [0.25, 0.3) is 0 Å². The molecule has 2 aromatic rings. The predicted molar refractivity (Wildman–Crippen MR) is 59.1 cm³/mol. The molecule has 76 valence electrons. The van der Waals surface area contributed by atoms with Crippen LogP contribution in [0.4, 0.5) is 0 Å². The van der Waals surface area contributed by atoms with Crippen LogP contribution in [0, 0.1) is 0 Å². The van der Waals surface area contributed by atoms with Gasteiger partial charge in [0.15, 0.2) is 0 Å². The van der Waals surface area contributed by atoms with Crippen molar-refractivity contribution in [2.24, 2.45) is 0 Å². The number of nitrogens with zero attached hydrogens (tertiary/aromatic N) is 2. The van der Waals surface area contributed by atoms with Crippen LogP contribution in [0.1, 0.15) is 0 Å². The van der Waals surface area contributed by atoms with E-state index >= 15 is 0 Å². The minimum absolute atomic E-state index is 0.750. The van der Waals surface area contributed by atoms with Gasteiger partial charge >= 0.3 is 7.69 Å². The molecule has 1 aromatic carbocycles. The maximum atomic E-state index is 7.12. The predicted octanol–water partition coefficient (Wildman–Crippen LogP) is 0.381. The third-order valence-corrected chi connectivity index (χ3v) is 1.67. The first-order chi connectivity index (χ1) is 7.38. The molecule has 0 fully saturated rings. The van der Waals surface area contributed by atoms with Gasteiger partial charge in [-0.3, -0.25) is 0 Å². The Morgan fingerprint density at radius 1 is 0.867 bits per heavy atom. The Labute approximate surface area is 88.6 Å². The summed E-state index contributed by atoms with van der Waals surface area (Å²) in [5.41, 5.74) is 2.20. The lowest BCUT2D eigenvalue weighted by Gasteiger charge is -1.97. The average Bonchev–Trinajstić information content (AvgIpc) is 2.32. The summed E-state index contributed by atoms with van der Waals surface area (Å²) in [5.74, 6) is 0. The van der Waals surface area contributed by atoms with Gasteiger partial charge in [0.2, 0.25) is 0 Å². The SMILES string of the molecule is OBO.c1ccc(-c2cncnc2)cc1. The number of hydrogen-bond donors (Lipinski definition) is 2. The van der Waals surface area contributed by atoms with Crippen molar-refractivity contribution in [1.29, 1.82) is 0 Å². The number of rotatable bonds is 1. The van der Waals surface area contributed by atoms with Crippen LogP contribution < -0.4 is 0 Å². The highest BCUT2D eigenvalue weighted by Crippen LogP contribution is 2.15. The molecule has 1 aromatic heterocycles. The van der Waals surface area contributed by atoms with E-state index in [-0.39, 0.29) is 0 Å². The maximum absolute atomic E-state index is 7.12. The Bertz CT molecular complexity index is 332. The molecule has 0 saturated carbocycles. The summed E-state index contributed by atoms with van der Waals surface area (Å²) in [4.78, 5) is 7.90. The molecule has 0 spiro atoms. The van der Waals surface area contributed by atoms with Crippen molar-refractivity contribution in [3.05, 3.63) is 49.1 Å². The first kappa shape index (κ1) is 11.4. The van der Waals surface area contributed by atoms with Crippen LogP contribution in [-0.4, -0.2) is 27.7 Å². The quantitative estimate of drug-likeness (QED) is 0.656. The molecule has 0 amide bonds. The summed E-state index contributed by atoms with van der Waals surface area (Å²) < 4.78 is 0. The molecule has 2 rings (SSSR count). The normalized spacial score (nSPS) is 8.67. The third kappa shape index (κ3) is 3.89. The zero-order valence-corrected chi connectivity index (χ0v) is 8.11. The Hall–Kier alpha value is -1.72. The Kier molecular flexibility index (Phi) is 5.07. The van der Waals surface area contributed by atoms with Crippen LogP contribution in [-0.2, 0) is 0 Å². The summed E-state index contributed by atoms with van der Waals surface area (Å²) in [6, 6.07) is 10.1. The first-order valence-corrected chi connectivity index (χ1v) is 4.40.